The number of hydrogen-bond donors (Lipinski definition) is 2. The molecule has 0 saturated heterocycles. The van der Waals surface area contributed by atoms with E-state index in [1.807, 2.05) is 13.0 Å². The summed E-state index contributed by atoms with van der Waals surface area (Å²) in [7, 11) is 0. The fraction of sp³-hybridized carbons (Fsp3) is 0.538. The second-order valence-corrected chi connectivity index (χ2v) is 5.35. The lowest BCUT2D eigenvalue weighted by molar-refractivity contribution is 0.182. The van der Waals surface area contributed by atoms with E-state index in [4.69, 9.17) is 5.11 Å². The number of aliphatic hydroxyl groups excluding tert-OH is 1. The topological polar surface area (TPSA) is 32.3 Å². The van der Waals surface area contributed by atoms with Crippen molar-refractivity contribution < 1.29 is 9.50 Å². The van der Waals surface area contributed by atoms with Crippen LogP contribution in [0.15, 0.2) is 22.7 Å². The van der Waals surface area contributed by atoms with Crippen LogP contribution in [0.25, 0.3) is 0 Å². The van der Waals surface area contributed by atoms with E-state index in [1.165, 1.54) is 6.07 Å². The van der Waals surface area contributed by atoms with Crippen LogP contribution in [0.4, 0.5) is 4.39 Å². The standard InChI is InChI=1S/C13H19BrFNO/c1-9(16-6-5-10(2)17)7-11-3-4-12(14)8-13(11)15/h3-4,8-10,16-17H,5-7H2,1-2H3. The van der Waals surface area contributed by atoms with Crippen LogP contribution in [0.2, 0.25) is 0 Å². The van der Waals surface area contributed by atoms with E-state index >= 15 is 0 Å². The third-order valence-electron chi connectivity index (χ3n) is 2.60. The van der Waals surface area contributed by atoms with E-state index in [0.29, 0.717) is 18.4 Å². The molecule has 2 atom stereocenters. The van der Waals surface area contributed by atoms with Gasteiger partial charge in [-0.2, -0.15) is 0 Å². The summed E-state index contributed by atoms with van der Waals surface area (Å²) < 4.78 is 14.3. The highest BCUT2D eigenvalue weighted by molar-refractivity contribution is 9.10. The van der Waals surface area contributed by atoms with Crippen LogP contribution in [0, 0.1) is 5.82 Å². The largest absolute Gasteiger partial charge is 0.393 e. The van der Waals surface area contributed by atoms with Gasteiger partial charge in [0, 0.05) is 10.5 Å². The lowest BCUT2D eigenvalue weighted by atomic mass is 10.1. The van der Waals surface area contributed by atoms with E-state index in [-0.39, 0.29) is 18.0 Å². The predicted molar refractivity (Wildman–Crippen MR) is 71.6 cm³/mol. The molecular weight excluding hydrogens is 285 g/mol. The number of rotatable bonds is 6. The molecule has 2 nitrogen and oxygen atoms in total. The van der Waals surface area contributed by atoms with Gasteiger partial charge in [0.05, 0.1) is 6.10 Å². The Morgan fingerprint density at radius 1 is 1.41 bits per heavy atom. The van der Waals surface area contributed by atoms with Crippen LogP contribution in [0.5, 0.6) is 0 Å². The summed E-state index contributed by atoms with van der Waals surface area (Å²) in [4.78, 5) is 0. The van der Waals surface area contributed by atoms with Gasteiger partial charge in [-0.25, -0.2) is 4.39 Å². The third kappa shape index (κ3) is 5.61. The van der Waals surface area contributed by atoms with E-state index in [2.05, 4.69) is 21.2 Å². The zero-order chi connectivity index (χ0) is 12.8. The van der Waals surface area contributed by atoms with Crippen molar-refractivity contribution >= 4 is 15.9 Å². The number of benzene rings is 1. The van der Waals surface area contributed by atoms with Crippen molar-refractivity contribution in [3.8, 4) is 0 Å². The first kappa shape index (κ1) is 14.6. The third-order valence-corrected chi connectivity index (χ3v) is 3.09. The monoisotopic (exact) mass is 303 g/mol. The molecule has 0 spiro atoms. The van der Waals surface area contributed by atoms with Crippen molar-refractivity contribution in [2.75, 3.05) is 6.54 Å². The van der Waals surface area contributed by atoms with Crippen LogP contribution >= 0.6 is 15.9 Å². The zero-order valence-electron chi connectivity index (χ0n) is 10.2. The predicted octanol–water partition coefficient (Wildman–Crippen LogP) is 2.88. The van der Waals surface area contributed by atoms with E-state index < -0.39 is 0 Å². The van der Waals surface area contributed by atoms with Gasteiger partial charge in [0.1, 0.15) is 5.82 Å². The van der Waals surface area contributed by atoms with Gasteiger partial charge in [0.2, 0.25) is 0 Å². The van der Waals surface area contributed by atoms with Crippen LogP contribution in [0.1, 0.15) is 25.8 Å². The summed E-state index contributed by atoms with van der Waals surface area (Å²) in [6.07, 6.45) is 1.07. The van der Waals surface area contributed by atoms with Crippen molar-refractivity contribution in [2.45, 2.75) is 38.8 Å². The van der Waals surface area contributed by atoms with Crippen LogP contribution in [-0.2, 0) is 6.42 Å². The first-order valence-electron chi connectivity index (χ1n) is 5.84. The first-order valence-corrected chi connectivity index (χ1v) is 6.63. The summed E-state index contributed by atoms with van der Waals surface area (Å²) in [5.41, 5.74) is 0.713. The fourth-order valence-corrected chi connectivity index (χ4v) is 1.96. The van der Waals surface area contributed by atoms with Gasteiger partial charge >= 0.3 is 0 Å². The number of aliphatic hydroxyl groups is 1. The normalized spacial score (nSPS) is 14.6. The molecule has 0 aliphatic heterocycles. The summed E-state index contributed by atoms with van der Waals surface area (Å²) in [5.74, 6) is -0.177. The van der Waals surface area contributed by atoms with Crippen molar-refractivity contribution in [3.05, 3.63) is 34.1 Å². The quantitative estimate of drug-likeness (QED) is 0.847. The van der Waals surface area contributed by atoms with Gasteiger partial charge in [0.25, 0.3) is 0 Å². The summed E-state index contributed by atoms with van der Waals surface area (Å²) >= 11 is 3.24. The Hall–Kier alpha value is -0.450. The Kier molecular flexibility index (Phi) is 6.09. The highest BCUT2D eigenvalue weighted by atomic mass is 79.9. The van der Waals surface area contributed by atoms with Crippen LogP contribution in [0.3, 0.4) is 0 Å². The fourth-order valence-electron chi connectivity index (χ4n) is 1.63. The Morgan fingerprint density at radius 2 is 2.12 bits per heavy atom. The van der Waals surface area contributed by atoms with Gasteiger partial charge in [-0.05, 0) is 50.9 Å². The SMILES string of the molecule is CC(O)CCNC(C)Cc1ccc(Br)cc1F. The summed E-state index contributed by atoms with van der Waals surface area (Å²) in [5, 5.41) is 12.4. The molecule has 0 aliphatic carbocycles. The number of nitrogens with one attached hydrogen (secondary N) is 1. The van der Waals surface area contributed by atoms with Gasteiger partial charge < -0.3 is 10.4 Å². The first-order chi connectivity index (χ1) is 7.99. The molecule has 1 aromatic carbocycles. The Balaban J connectivity index is 2.42. The molecule has 17 heavy (non-hydrogen) atoms. The average molecular weight is 304 g/mol. The Morgan fingerprint density at radius 3 is 2.71 bits per heavy atom. The van der Waals surface area contributed by atoms with Crippen molar-refractivity contribution in [2.24, 2.45) is 0 Å². The maximum Gasteiger partial charge on any atom is 0.127 e. The molecule has 0 aromatic heterocycles. The maximum atomic E-state index is 13.6. The lowest BCUT2D eigenvalue weighted by Crippen LogP contribution is -2.30. The molecule has 0 bridgehead atoms. The molecule has 1 rings (SSSR count). The van der Waals surface area contributed by atoms with Crippen LogP contribution < -0.4 is 5.32 Å². The van der Waals surface area contributed by atoms with E-state index in [1.54, 1.807) is 13.0 Å². The second kappa shape index (κ2) is 7.09. The minimum atomic E-state index is -0.292. The van der Waals surface area contributed by atoms with Crippen molar-refractivity contribution in [1.82, 2.24) is 5.32 Å². The summed E-state index contributed by atoms with van der Waals surface area (Å²) in [6.45, 7) is 4.53. The maximum absolute atomic E-state index is 13.6. The summed E-state index contributed by atoms with van der Waals surface area (Å²) in [6, 6.07) is 5.33. The molecule has 0 fully saturated rings. The van der Waals surface area contributed by atoms with Gasteiger partial charge in [-0.15, -0.1) is 0 Å². The number of halogens is 2. The Labute approximate surface area is 110 Å². The lowest BCUT2D eigenvalue weighted by Gasteiger charge is -2.15. The average Bonchev–Trinajstić information content (AvgIpc) is 2.21. The highest BCUT2D eigenvalue weighted by Crippen LogP contribution is 2.16. The molecule has 0 aliphatic rings. The van der Waals surface area contributed by atoms with Crippen LogP contribution in [-0.4, -0.2) is 23.8 Å². The van der Waals surface area contributed by atoms with Gasteiger partial charge in [0.15, 0.2) is 0 Å². The van der Waals surface area contributed by atoms with Gasteiger partial charge in [-0.1, -0.05) is 22.0 Å². The van der Waals surface area contributed by atoms with E-state index in [0.717, 1.165) is 11.0 Å². The van der Waals surface area contributed by atoms with Gasteiger partial charge in [-0.3, -0.25) is 0 Å². The molecule has 2 unspecified atom stereocenters. The minimum Gasteiger partial charge on any atom is -0.393 e. The molecule has 0 heterocycles. The Bertz CT molecular complexity index is 357. The minimum absolute atomic E-state index is 0.177. The molecule has 1 aromatic rings. The van der Waals surface area contributed by atoms with E-state index in [9.17, 15) is 4.39 Å². The second-order valence-electron chi connectivity index (χ2n) is 4.43. The smallest absolute Gasteiger partial charge is 0.127 e. The molecule has 0 radical (unpaired) electrons. The molecular formula is C13H19BrFNO. The molecule has 4 heteroatoms. The molecule has 2 N–H and O–H groups in total. The zero-order valence-corrected chi connectivity index (χ0v) is 11.8. The molecule has 96 valence electrons. The van der Waals surface area contributed by atoms with Crippen molar-refractivity contribution in [1.29, 1.82) is 0 Å². The highest BCUT2D eigenvalue weighted by Gasteiger charge is 2.08. The molecule has 0 amide bonds. The molecule has 0 saturated carbocycles. The number of hydrogen-bond acceptors (Lipinski definition) is 2. The van der Waals surface area contributed by atoms with Crippen molar-refractivity contribution in [3.63, 3.8) is 0 Å².